The molecule has 1 saturated heterocycles. The van der Waals surface area contributed by atoms with Crippen LogP contribution in [0, 0.1) is 5.92 Å². The lowest BCUT2D eigenvalue weighted by Crippen LogP contribution is -2.22. The molecule has 2 aromatic carbocycles. The molecule has 0 saturated carbocycles. The number of aromatic amines is 1. The number of fused-ring (bicyclic) bond motifs is 1. The van der Waals surface area contributed by atoms with Crippen molar-refractivity contribution in [2.24, 2.45) is 5.92 Å². The monoisotopic (exact) mass is 415 g/mol. The molecule has 5 rings (SSSR count). The van der Waals surface area contributed by atoms with Gasteiger partial charge in [-0.05, 0) is 53.9 Å². The third-order valence-electron chi connectivity index (χ3n) is 5.23. The van der Waals surface area contributed by atoms with Crippen LogP contribution >= 0.6 is 11.9 Å². The molecule has 0 bridgehead atoms. The fourth-order valence-corrected chi connectivity index (χ4v) is 4.78. The van der Waals surface area contributed by atoms with Crippen molar-refractivity contribution in [2.75, 3.05) is 16.6 Å². The van der Waals surface area contributed by atoms with E-state index in [-0.39, 0.29) is 11.7 Å². The number of aromatic nitrogens is 2. The molecule has 30 heavy (non-hydrogen) atoms. The van der Waals surface area contributed by atoms with Gasteiger partial charge < -0.3 is 14.0 Å². The van der Waals surface area contributed by atoms with Gasteiger partial charge >= 0.3 is 0 Å². The van der Waals surface area contributed by atoms with Gasteiger partial charge in [0.1, 0.15) is 12.4 Å². The van der Waals surface area contributed by atoms with Gasteiger partial charge in [-0.15, -0.1) is 0 Å². The molecule has 0 spiro atoms. The first kappa shape index (κ1) is 18.8. The number of anilines is 1. The topological polar surface area (TPSA) is 58.2 Å². The van der Waals surface area contributed by atoms with E-state index in [0.29, 0.717) is 18.8 Å². The summed E-state index contributed by atoms with van der Waals surface area (Å²) in [6, 6.07) is 21.8. The zero-order valence-electron chi connectivity index (χ0n) is 16.3. The summed E-state index contributed by atoms with van der Waals surface area (Å²) >= 11 is 1.68. The fraction of sp³-hybridized carbons (Fsp3) is 0.167. The molecule has 0 amide bonds. The zero-order valence-corrected chi connectivity index (χ0v) is 17.1. The number of hydrogen-bond donors (Lipinski definition) is 1. The molecule has 150 valence electrons. The van der Waals surface area contributed by atoms with Gasteiger partial charge in [0.05, 0.1) is 23.5 Å². The predicted molar refractivity (Wildman–Crippen MR) is 121 cm³/mol. The van der Waals surface area contributed by atoms with Gasteiger partial charge in [-0.1, -0.05) is 30.3 Å². The maximum absolute atomic E-state index is 13.1. The number of carbonyl (C=O) groups is 1. The van der Waals surface area contributed by atoms with Crippen LogP contribution in [0.15, 0.2) is 79.1 Å². The van der Waals surface area contributed by atoms with Crippen molar-refractivity contribution in [2.45, 2.75) is 6.61 Å². The first-order chi connectivity index (χ1) is 14.8. The highest BCUT2D eigenvalue weighted by molar-refractivity contribution is 8.00. The van der Waals surface area contributed by atoms with Gasteiger partial charge in [0.2, 0.25) is 0 Å². The minimum Gasteiger partial charge on any atom is -0.489 e. The fourth-order valence-electron chi connectivity index (χ4n) is 3.62. The minimum atomic E-state index is -0.0444. The number of hydrogen-bond acceptors (Lipinski definition) is 5. The Morgan fingerprint density at radius 3 is 2.87 bits per heavy atom. The SMILES string of the molecule is O=C(c1cc2cc(OCc3ccccc3)ccc2[nH]1)C1CSN(c2cccnc2)C1. The molecule has 1 N–H and O–H groups in total. The predicted octanol–water partition coefficient (Wildman–Crippen LogP) is 5.11. The second-order valence-electron chi connectivity index (χ2n) is 7.34. The Balaban J connectivity index is 1.28. The van der Waals surface area contributed by atoms with Crippen LogP contribution < -0.4 is 9.04 Å². The van der Waals surface area contributed by atoms with Crippen LogP contribution in [0.1, 0.15) is 16.1 Å². The lowest BCUT2D eigenvalue weighted by atomic mass is 10.0. The molecule has 0 radical (unpaired) electrons. The smallest absolute Gasteiger partial charge is 0.184 e. The van der Waals surface area contributed by atoms with Crippen molar-refractivity contribution in [1.82, 2.24) is 9.97 Å². The van der Waals surface area contributed by atoms with Crippen LogP contribution in [0.2, 0.25) is 0 Å². The van der Waals surface area contributed by atoms with Gasteiger partial charge in [0.15, 0.2) is 5.78 Å². The van der Waals surface area contributed by atoms with Gasteiger partial charge in [0.25, 0.3) is 0 Å². The van der Waals surface area contributed by atoms with E-state index >= 15 is 0 Å². The van der Waals surface area contributed by atoms with Crippen LogP contribution in [-0.4, -0.2) is 28.0 Å². The highest BCUT2D eigenvalue weighted by Crippen LogP contribution is 2.33. The number of nitrogens with one attached hydrogen (secondary N) is 1. The number of Topliss-reactive ketones (excluding diaryl/α,β-unsaturated/α-hetero) is 1. The number of H-pyrrole nitrogens is 1. The van der Waals surface area contributed by atoms with Gasteiger partial charge in [-0.3, -0.25) is 9.78 Å². The molecule has 3 heterocycles. The van der Waals surface area contributed by atoms with Crippen LogP contribution in [0.25, 0.3) is 10.9 Å². The Hall–Kier alpha value is -3.25. The van der Waals surface area contributed by atoms with Gasteiger partial charge in [0, 0.05) is 29.4 Å². The summed E-state index contributed by atoms with van der Waals surface area (Å²) in [5, 5.41) is 0.985. The summed E-state index contributed by atoms with van der Waals surface area (Å²) in [4.78, 5) is 20.5. The van der Waals surface area contributed by atoms with E-state index in [9.17, 15) is 4.79 Å². The van der Waals surface area contributed by atoms with E-state index in [4.69, 9.17) is 4.74 Å². The van der Waals surface area contributed by atoms with E-state index in [1.807, 2.05) is 72.9 Å². The van der Waals surface area contributed by atoms with E-state index in [0.717, 1.165) is 33.7 Å². The Morgan fingerprint density at radius 1 is 1.13 bits per heavy atom. The molecule has 5 nitrogen and oxygen atoms in total. The number of benzene rings is 2. The average Bonchev–Trinajstić information content (AvgIpc) is 3.46. The number of nitrogens with zero attached hydrogens (tertiary/aromatic N) is 2. The Morgan fingerprint density at radius 2 is 2.03 bits per heavy atom. The third kappa shape index (κ3) is 3.91. The summed E-state index contributed by atoms with van der Waals surface area (Å²) in [5.41, 5.74) is 3.76. The Labute approximate surface area is 179 Å². The van der Waals surface area contributed by atoms with Crippen molar-refractivity contribution in [3.63, 3.8) is 0 Å². The van der Waals surface area contributed by atoms with Crippen LogP contribution in [0.3, 0.4) is 0 Å². The number of pyridine rings is 1. The molecular weight excluding hydrogens is 394 g/mol. The lowest BCUT2D eigenvalue weighted by Gasteiger charge is -2.15. The second-order valence-corrected chi connectivity index (χ2v) is 8.37. The summed E-state index contributed by atoms with van der Waals surface area (Å²) in [6.45, 7) is 1.21. The first-order valence-corrected chi connectivity index (χ1v) is 10.8. The summed E-state index contributed by atoms with van der Waals surface area (Å²) < 4.78 is 8.06. The van der Waals surface area contributed by atoms with Crippen LogP contribution in [0.4, 0.5) is 5.69 Å². The molecule has 1 atom stereocenters. The molecule has 1 unspecified atom stereocenters. The Bertz CT molecular complexity index is 1160. The number of rotatable bonds is 6. The molecule has 1 aliphatic rings. The van der Waals surface area contributed by atoms with E-state index in [1.165, 1.54) is 0 Å². The number of ketones is 1. The van der Waals surface area contributed by atoms with Crippen molar-refractivity contribution < 1.29 is 9.53 Å². The normalized spacial score (nSPS) is 16.1. The van der Waals surface area contributed by atoms with Crippen molar-refractivity contribution >= 4 is 34.3 Å². The van der Waals surface area contributed by atoms with E-state index in [2.05, 4.69) is 14.3 Å². The van der Waals surface area contributed by atoms with E-state index in [1.54, 1.807) is 18.1 Å². The van der Waals surface area contributed by atoms with Crippen molar-refractivity contribution in [1.29, 1.82) is 0 Å². The number of carbonyl (C=O) groups excluding carboxylic acids is 1. The summed E-state index contributed by atoms with van der Waals surface area (Å²) in [7, 11) is 0. The first-order valence-electron chi connectivity index (χ1n) is 9.90. The third-order valence-corrected chi connectivity index (χ3v) is 6.45. The van der Waals surface area contributed by atoms with Gasteiger partial charge in [-0.2, -0.15) is 0 Å². The largest absolute Gasteiger partial charge is 0.489 e. The second kappa shape index (κ2) is 8.24. The minimum absolute atomic E-state index is 0.0444. The Kier molecular flexibility index (Phi) is 5.15. The van der Waals surface area contributed by atoms with Gasteiger partial charge in [-0.25, -0.2) is 0 Å². The molecule has 4 aromatic rings. The molecule has 0 aliphatic carbocycles. The molecule has 2 aromatic heterocycles. The maximum Gasteiger partial charge on any atom is 0.184 e. The molecule has 1 aliphatic heterocycles. The standard InChI is InChI=1S/C24H21N3O2S/c28-24(19-14-27(30-16-19)20-7-4-10-25-13-20)23-12-18-11-21(8-9-22(18)26-23)29-15-17-5-2-1-3-6-17/h1-13,19,26H,14-16H2. The van der Waals surface area contributed by atoms with Crippen LogP contribution in [0.5, 0.6) is 5.75 Å². The summed E-state index contributed by atoms with van der Waals surface area (Å²) in [5.74, 6) is 1.67. The lowest BCUT2D eigenvalue weighted by molar-refractivity contribution is 0.0936. The van der Waals surface area contributed by atoms with Crippen molar-refractivity contribution in [3.05, 3.63) is 90.4 Å². The highest BCUT2D eigenvalue weighted by Gasteiger charge is 2.31. The number of ether oxygens (including phenoxy) is 1. The van der Waals surface area contributed by atoms with E-state index < -0.39 is 0 Å². The van der Waals surface area contributed by atoms with Crippen molar-refractivity contribution in [3.8, 4) is 5.75 Å². The zero-order chi connectivity index (χ0) is 20.3. The molecular formula is C24H21N3O2S. The van der Waals surface area contributed by atoms with Crippen LogP contribution in [-0.2, 0) is 6.61 Å². The quantitative estimate of drug-likeness (QED) is 0.350. The average molecular weight is 416 g/mol. The highest BCUT2D eigenvalue weighted by atomic mass is 32.2. The summed E-state index contributed by atoms with van der Waals surface area (Å²) in [6.07, 6.45) is 3.59. The molecule has 6 heteroatoms. The maximum atomic E-state index is 13.1. The molecule has 1 fully saturated rings.